The number of amides is 2. The van der Waals surface area contributed by atoms with E-state index in [0.717, 1.165) is 21.8 Å². The van der Waals surface area contributed by atoms with E-state index in [2.05, 4.69) is 75.7 Å². The van der Waals surface area contributed by atoms with Gasteiger partial charge in [-0.05, 0) is 0 Å². The number of nitrogens with one attached hydrogen (secondary N) is 1. The van der Waals surface area contributed by atoms with E-state index < -0.39 is 0 Å². The van der Waals surface area contributed by atoms with Crippen molar-refractivity contribution < 1.29 is 4.79 Å². The zero-order valence-electron chi connectivity index (χ0n) is 17.1. The molecule has 0 unspecified atom stereocenters. The average molecular weight is 489 g/mol. The summed E-state index contributed by atoms with van der Waals surface area (Å²) in [4.78, 5) is 19.5. The van der Waals surface area contributed by atoms with Crippen molar-refractivity contribution in [1.29, 1.82) is 0 Å². The number of urea groups is 1. The molecule has 0 aliphatic rings. The number of para-hydroxylation sites is 1. The summed E-state index contributed by atoms with van der Waals surface area (Å²) in [5.74, 6) is 0.242. The van der Waals surface area contributed by atoms with Crippen LogP contribution in [-0.4, -0.2) is 45.9 Å². The van der Waals surface area contributed by atoms with Crippen LogP contribution in [0.3, 0.4) is 0 Å². The third-order valence-electron chi connectivity index (χ3n) is 5.26. The molecular weight excluding hydrogens is 465 g/mol. The van der Waals surface area contributed by atoms with Crippen LogP contribution in [0.5, 0.6) is 0 Å². The minimum absolute atomic E-state index is 0.0926. The molecule has 0 fully saturated rings. The van der Waals surface area contributed by atoms with Gasteiger partial charge in [0.2, 0.25) is 0 Å². The number of anilines is 1. The number of hydrogen-bond donors (Lipinski definition) is 1. The number of fused-ring (bicyclic) bond motifs is 1. The molecule has 0 atom stereocenters. The molecule has 2 radical (unpaired) electrons. The molecule has 0 aliphatic carbocycles. The number of carbonyl (C=O) groups excluding carboxylic acids is 1. The zero-order valence-corrected chi connectivity index (χ0v) is 19.8. The van der Waals surface area contributed by atoms with Crippen LogP contribution >= 0.6 is 11.3 Å². The van der Waals surface area contributed by atoms with Crippen molar-refractivity contribution in [2.75, 3.05) is 18.4 Å². The van der Waals surface area contributed by atoms with E-state index >= 15 is 0 Å². The Morgan fingerprint density at radius 1 is 0.903 bits per heavy atom. The minimum atomic E-state index is -0.0926. The Balaban J connectivity index is 1.48. The molecule has 0 saturated heterocycles. The Morgan fingerprint density at radius 3 is 2.13 bits per heavy atom. The molecule has 6 heteroatoms. The third-order valence-corrected chi connectivity index (χ3v) is 6.63. The molecule has 3 aromatic carbocycles. The van der Waals surface area contributed by atoms with Crippen molar-refractivity contribution in [3.8, 4) is 0 Å². The van der Waals surface area contributed by atoms with Gasteiger partial charge in [0.25, 0.3) is 0 Å². The molecule has 4 nitrogen and oxygen atoms in total. The quantitative estimate of drug-likeness (QED) is 0.312. The number of carbonyl (C=O) groups is 1. The molecule has 31 heavy (non-hydrogen) atoms. The van der Waals surface area contributed by atoms with Crippen LogP contribution in [0, 0.1) is 0 Å². The standard InChI is InChI=1S/C25H24AsN3OS/c26-16-18-29(25(30)28-24-27-22-13-7-8-14-23(22)31-24)17-15-21(19-9-3-1-4-10-19)20-11-5-2-6-12-20/h1-14,21H,15-18H2,(H,27,28,30). The average Bonchev–Trinajstić information content (AvgIpc) is 3.22. The van der Waals surface area contributed by atoms with E-state index in [4.69, 9.17) is 0 Å². The monoisotopic (exact) mass is 489 g/mol. The predicted molar refractivity (Wildman–Crippen MR) is 130 cm³/mol. The number of thiazole rings is 1. The van der Waals surface area contributed by atoms with Crippen LogP contribution in [0.15, 0.2) is 84.9 Å². The Hall–Kier alpha value is -2.62. The summed E-state index contributed by atoms with van der Waals surface area (Å²) < 4.78 is 1.07. The first-order valence-corrected chi connectivity index (χ1v) is 12.5. The van der Waals surface area contributed by atoms with Gasteiger partial charge in [0.05, 0.1) is 0 Å². The molecule has 4 rings (SSSR count). The molecule has 0 bridgehead atoms. The van der Waals surface area contributed by atoms with Gasteiger partial charge >= 0.3 is 196 Å². The first-order valence-electron chi connectivity index (χ1n) is 10.4. The van der Waals surface area contributed by atoms with Gasteiger partial charge < -0.3 is 0 Å². The molecule has 0 aliphatic heterocycles. The zero-order chi connectivity index (χ0) is 21.5. The van der Waals surface area contributed by atoms with Crippen LogP contribution in [0.4, 0.5) is 9.93 Å². The molecule has 2 amide bonds. The van der Waals surface area contributed by atoms with E-state index in [9.17, 15) is 4.79 Å². The topological polar surface area (TPSA) is 45.2 Å². The van der Waals surface area contributed by atoms with Gasteiger partial charge in [-0.2, -0.15) is 0 Å². The van der Waals surface area contributed by atoms with Gasteiger partial charge in [-0.15, -0.1) is 0 Å². The van der Waals surface area contributed by atoms with Crippen LogP contribution in [0.25, 0.3) is 10.2 Å². The maximum atomic E-state index is 13.0. The second-order valence-corrected chi connectivity index (χ2v) is 9.26. The molecule has 0 saturated carbocycles. The Bertz CT molecular complexity index is 1040. The van der Waals surface area contributed by atoms with Crippen molar-refractivity contribution in [1.82, 2.24) is 9.88 Å². The van der Waals surface area contributed by atoms with Crippen LogP contribution in [0.1, 0.15) is 23.5 Å². The Kier molecular flexibility index (Phi) is 7.39. The Morgan fingerprint density at radius 2 is 1.52 bits per heavy atom. The molecule has 1 N–H and O–H groups in total. The van der Waals surface area contributed by atoms with Crippen molar-refractivity contribution in [3.05, 3.63) is 96.1 Å². The van der Waals surface area contributed by atoms with Crippen LogP contribution < -0.4 is 5.32 Å². The fourth-order valence-corrected chi connectivity index (χ4v) is 5.08. The Labute approximate surface area is 195 Å². The number of hydrogen-bond acceptors (Lipinski definition) is 3. The summed E-state index contributed by atoms with van der Waals surface area (Å²) in [5, 5.41) is 4.50. The molecule has 1 aromatic heterocycles. The summed E-state index contributed by atoms with van der Waals surface area (Å²) in [7, 11) is 0. The summed E-state index contributed by atoms with van der Waals surface area (Å²) in [5.41, 5.74) is 3.45. The summed E-state index contributed by atoms with van der Waals surface area (Å²) >= 11 is 4.07. The summed E-state index contributed by atoms with van der Waals surface area (Å²) in [6.07, 6.45) is 0.855. The summed E-state index contributed by atoms with van der Waals surface area (Å²) in [6.45, 7) is 1.36. The van der Waals surface area contributed by atoms with E-state index in [0.29, 0.717) is 18.2 Å². The van der Waals surface area contributed by atoms with Gasteiger partial charge in [0.1, 0.15) is 0 Å². The molecule has 4 aromatic rings. The number of aromatic nitrogens is 1. The second kappa shape index (κ2) is 10.6. The molecule has 156 valence electrons. The van der Waals surface area contributed by atoms with Crippen molar-refractivity contribution >= 4 is 49.6 Å². The predicted octanol–water partition coefficient (Wildman–Crippen LogP) is 5.94. The summed E-state index contributed by atoms with van der Waals surface area (Å²) in [6, 6.07) is 28.9. The van der Waals surface area contributed by atoms with Crippen LogP contribution in [-0.2, 0) is 0 Å². The van der Waals surface area contributed by atoms with Gasteiger partial charge in [-0.25, -0.2) is 0 Å². The molecule has 1 heterocycles. The van der Waals surface area contributed by atoms with Gasteiger partial charge in [0.15, 0.2) is 0 Å². The first-order chi connectivity index (χ1) is 15.2. The van der Waals surface area contributed by atoms with Crippen molar-refractivity contribution in [3.63, 3.8) is 0 Å². The fraction of sp³-hybridized carbons (Fsp3) is 0.200. The van der Waals surface area contributed by atoms with Crippen molar-refractivity contribution in [2.45, 2.75) is 17.5 Å². The maximum absolute atomic E-state index is 13.0. The normalized spacial score (nSPS) is 11.0. The van der Waals surface area contributed by atoms with Crippen LogP contribution in [0.2, 0.25) is 5.21 Å². The van der Waals surface area contributed by atoms with Gasteiger partial charge in [-0.1, -0.05) is 0 Å². The van der Waals surface area contributed by atoms with E-state index in [1.807, 2.05) is 41.3 Å². The number of benzene rings is 3. The first kappa shape index (κ1) is 21.6. The fourth-order valence-electron chi connectivity index (χ4n) is 3.71. The van der Waals surface area contributed by atoms with Gasteiger partial charge in [-0.3, -0.25) is 0 Å². The SMILES string of the molecule is O=C(Nc1nc2ccccc2s1)N(CC[As])CCC(c1ccccc1)c1ccccc1. The van der Waals surface area contributed by atoms with E-state index in [1.54, 1.807) is 0 Å². The van der Waals surface area contributed by atoms with Crippen molar-refractivity contribution in [2.24, 2.45) is 0 Å². The second-order valence-electron chi connectivity index (χ2n) is 7.29. The van der Waals surface area contributed by atoms with E-state index in [1.165, 1.54) is 22.5 Å². The molecular formula is C25H24AsN3OS. The number of rotatable bonds is 8. The third kappa shape index (κ3) is 5.55. The van der Waals surface area contributed by atoms with Gasteiger partial charge in [0, 0.05) is 0 Å². The number of nitrogens with zero attached hydrogens (tertiary/aromatic N) is 2. The molecule has 0 spiro atoms. The van der Waals surface area contributed by atoms with E-state index in [-0.39, 0.29) is 11.9 Å².